The Morgan fingerprint density at radius 1 is 1.23 bits per heavy atom. The van der Waals surface area contributed by atoms with Crippen molar-refractivity contribution in [2.45, 2.75) is 70.1 Å². The topological polar surface area (TPSA) is 107 Å². The van der Waals surface area contributed by atoms with Crippen molar-refractivity contribution in [2.24, 2.45) is 11.8 Å². The van der Waals surface area contributed by atoms with Gasteiger partial charge in [-0.05, 0) is 50.7 Å². The van der Waals surface area contributed by atoms with E-state index in [9.17, 15) is 19.5 Å². The minimum absolute atomic E-state index is 0.122. The number of carbonyl (C=O) groups excluding carboxylic acids is 2. The maximum absolute atomic E-state index is 14.4. The average molecular weight is 485 g/mol. The van der Waals surface area contributed by atoms with E-state index in [1.165, 1.54) is 0 Å². The number of nitrogens with zero attached hydrogens (tertiary/aromatic N) is 2. The molecule has 0 aromatic heterocycles. The summed E-state index contributed by atoms with van der Waals surface area (Å²) in [5.41, 5.74) is 1.54. The lowest BCUT2D eigenvalue weighted by Gasteiger charge is -2.37. The van der Waals surface area contributed by atoms with Crippen LogP contribution in [0.25, 0.3) is 0 Å². The zero-order valence-corrected chi connectivity index (χ0v) is 20.6. The first-order chi connectivity index (χ1) is 16.8. The van der Waals surface area contributed by atoms with E-state index < -0.39 is 35.6 Å². The van der Waals surface area contributed by atoms with Gasteiger partial charge < -0.3 is 24.7 Å². The van der Waals surface area contributed by atoms with Crippen molar-refractivity contribution in [3.8, 4) is 0 Å². The molecule has 8 heteroatoms. The van der Waals surface area contributed by atoms with Crippen molar-refractivity contribution < 1.29 is 29.3 Å². The van der Waals surface area contributed by atoms with Crippen LogP contribution in [0, 0.1) is 25.7 Å². The highest BCUT2D eigenvalue weighted by molar-refractivity contribution is 6.05. The lowest BCUT2D eigenvalue weighted by molar-refractivity contribution is -0.149. The summed E-state index contributed by atoms with van der Waals surface area (Å²) in [7, 11) is 0. The van der Waals surface area contributed by atoms with Gasteiger partial charge in [-0.3, -0.25) is 14.4 Å². The van der Waals surface area contributed by atoms with Crippen molar-refractivity contribution in [3.63, 3.8) is 0 Å². The van der Waals surface area contributed by atoms with E-state index in [2.05, 4.69) is 6.58 Å². The third-order valence-electron chi connectivity index (χ3n) is 7.91. The van der Waals surface area contributed by atoms with Gasteiger partial charge in [0, 0.05) is 25.4 Å². The van der Waals surface area contributed by atoms with Crippen molar-refractivity contribution in [3.05, 3.63) is 42.0 Å². The Bertz CT molecular complexity index is 989. The summed E-state index contributed by atoms with van der Waals surface area (Å²) >= 11 is 0. The largest absolute Gasteiger partial charge is 0.481 e. The van der Waals surface area contributed by atoms with Crippen molar-refractivity contribution >= 4 is 23.5 Å². The summed E-state index contributed by atoms with van der Waals surface area (Å²) in [4.78, 5) is 43.5. The van der Waals surface area contributed by atoms with Crippen LogP contribution in [0.3, 0.4) is 0 Å². The molecule has 1 spiro atoms. The number of amides is 2. The van der Waals surface area contributed by atoms with E-state index in [1.807, 2.05) is 32.0 Å². The molecule has 35 heavy (non-hydrogen) atoms. The molecule has 8 nitrogen and oxygen atoms in total. The molecule has 4 rings (SSSR count). The molecule has 0 unspecified atom stereocenters. The van der Waals surface area contributed by atoms with E-state index in [4.69, 9.17) is 9.84 Å². The Morgan fingerprint density at radius 2 is 1.91 bits per heavy atom. The molecule has 3 aliphatic heterocycles. The number of aliphatic carboxylic acids is 1. The molecule has 190 valence electrons. The molecule has 0 saturated carbocycles. The lowest BCUT2D eigenvalue weighted by Crippen LogP contribution is -2.56. The zero-order valence-electron chi connectivity index (χ0n) is 20.6. The number of unbranched alkanes of at least 4 members (excludes halogenated alkanes) is 3. The fourth-order valence-electron chi connectivity index (χ4n) is 6.50. The fourth-order valence-corrected chi connectivity index (χ4v) is 6.50. The summed E-state index contributed by atoms with van der Waals surface area (Å²) in [5.74, 6) is -3.36. The molecule has 1 aromatic carbocycles. The van der Waals surface area contributed by atoms with Crippen LogP contribution in [0.5, 0.6) is 0 Å². The molecule has 2 amide bonds. The summed E-state index contributed by atoms with van der Waals surface area (Å²) in [6, 6.07) is 4.95. The number of carboxylic acids is 1. The number of rotatable bonds is 11. The number of aliphatic hydroxyl groups excluding tert-OH is 1. The third kappa shape index (κ3) is 4.16. The van der Waals surface area contributed by atoms with Crippen LogP contribution in [0.4, 0.5) is 5.69 Å². The number of likely N-dealkylation sites (tertiary alicyclic amines) is 1. The molecular weight excluding hydrogens is 448 g/mol. The van der Waals surface area contributed by atoms with Crippen LogP contribution in [0.2, 0.25) is 0 Å². The standard InChI is InChI=1S/C27H36N2O6/c1-4-14-28(22-17(2)10-9-11-18(22)3)25(32)23-27-13-12-19(35-27)20(26(33)34)21(27)24(31)29(23)15-7-5-6-8-16-30/h4,9-11,19-21,23,30H,1,5-8,12-16H2,2-3H3,(H,33,34)/t19-,20+,21+,23-,27+/m1/s1. The number of carbonyl (C=O) groups is 3. The average Bonchev–Trinajstić information content (AvgIpc) is 3.45. The quantitative estimate of drug-likeness (QED) is 0.369. The molecule has 5 atom stereocenters. The summed E-state index contributed by atoms with van der Waals surface area (Å²) in [6.07, 6.45) is 5.14. The van der Waals surface area contributed by atoms with E-state index >= 15 is 0 Å². The van der Waals surface area contributed by atoms with Crippen LogP contribution < -0.4 is 4.90 Å². The second-order valence-electron chi connectivity index (χ2n) is 10.0. The highest BCUT2D eigenvalue weighted by Gasteiger charge is 2.74. The molecule has 3 heterocycles. The van der Waals surface area contributed by atoms with E-state index in [0.29, 0.717) is 32.2 Å². The van der Waals surface area contributed by atoms with E-state index in [-0.39, 0.29) is 25.0 Å². The Morgan fingerprint density at radius 3 is 2.54 bits per heavy atom. The van der Waals surface area contributed by atoms with Gasteiger partial charge in [-0.1, -0.05) is 37.1 Å². The molecule has 3 aliphatic rings. The van der Waals surface area contributed by atoms with Gasteiger partial charge in [0.05, 0.1) is 17.9 Å². The second kappa shape index (κ2) is 10.1. The summed E-state index contributed by atoms with van der Waals surface area (Å²) < 4.78 is 6.31. The number of fused-ring (bicyclic) bond motifs is 1. The first-order valence-corrected chi connectivity index (χ1v) is 12.6. The number of carboxylic acid groups (broad SMARTS) is 1. The molecule has 0 aliphatic carbocycles. The predicted molar refractivity (Wildman–Crippen MR) is 131 cm³/mol. The molecular formula is C27H36N2O6. The molecule has 3 saturated heterocycles. The predicted octanol–water partition coefficient (Wildman–Crippen LogP) is 2.83. The Kier molecular flexibility index (Phi) is 7.33. The normalized spacial score (nSPS) is 28.9. The van der Waals surface area contributed by atoms with Crippen LogP contribution in [-0.2, 0) is 19.1 Å². The minimum atomic E-state index is -1.12. The van der Waals surface area contributed by atoms with Gasteiger partial charge in [-0.2, -0.15) is 0 Å². The Labute approximate surface area is 206 Å². The molecule has 0 radical (unpaired) electrons. The van der Waals surface area contributed by atoms with Crippen LogP contribution in [0.1, 0.15) is 49.7 Å². The lowest BCUT2D eigenvalue weighted by atomic mass is 9.70. The highest BCUT2D eigenvalue weighted by Crippen LogP contribution is 2.58. The number of hydrogen-bond donors (Lipinski definition) is 2. The number of aliphatic hydroxyl groups is 1. The smallest absolute Gasteiger partial charge is 0.310 e. The number of anilines is 1. The minimum Gasteiger partial charge on any atom is -0.481 e. The Hall–Kier alpha value is -2.71. The number of para-hydroxylation sites is 1. The molecule has 1 aromatic rings. The molecule has 2 bridgehead atoms. The van der Waals surface area contributed by atoms with Gasteiger partial charge in [0.25, 0.3) is 5.91 Å². The maximum Gasteiger partial charge on any atom is 0.310 e. The van der Waals surface area contributed by atoms with E-state index in [0.717, 1.165) is 29.7 Å². The first kappa shape index (κ1) is 25.4. The Balaban J connectivity index is 1.73. The van der Waals surface area contributed by atoms with Crippen LogP contribution in [0.15, 0.2) is 30.9 Å². The van der Waals surface area contributed by atoms with Crippen LogP contribution >= 0.6 is 0 Å². The summed E-state index contributed by atoms with van der Waals surface area (Å²) in [5, 5.41) is 19.0. The highest BCUT2D eigenvalue weighted by atomic mass is 16.5. The van der Waals surface area contributed by atoms with Crippen molar-refractivity contribution in [1.82, 2.24) is 4.90 Å². The number of benzene rings is 1. The van der Waals surface area contributed by atoms with E-state index in [1.54, 1.807) is 15.9 Å². The first-order valence-electron chi connectivity index (χ1n) is 12.6. The monoisotopic (exact) mass is 484 g/mol. The molecule has 2 N–H and O–H groups in total. The number of hydrogen-bond acceptors (Lipinski definition) is 5. The maximum atomic E-state index is 14.4. The van der Waals surface area contributed by atoms with Gasteiger partial charge in [0.2, 0.25) is 5.91 Å². The van der Waals surface area contributed by atoms with Gasteiger partial charge >= 0.3 is 5.97 Å². The second-order valence-corrected chi connectivity index (χ2v) is 10.0. The number of aryl methyl sites for hydroxylation is 2. The number of ether oxygens (including phenoxy) is 1. The van der Waals surface area contributed by atoms with Crippen molar-refractivity contribution in [1.29, 1.82) is 0 Å². The third-order valence-corrected chi connectivity index (χ3v) is 7.91. The van der Waals surface area contributed by atoms with Crippen LogP contribution in [-0.4, -0.2) is 70.3 Å². The molecule has 3 fully saturated rings. The summed E-state index contributed by atoms with van der Waals surface area (Å²) in [6.45, 7) is 8.49. The zero-order chi connectivity index (χ0) is 25.3. The van der Waals surface area contributed by atoms with Gasteiger partial charge in [-0.25, -0.2) is 0 Å². The van der Waals surface area contributed by atoms with Gasteiger partial charge in [0.1, 0.15) is 11.6 Å². The fraction of sp³-hybridized carbons (Fsp3) is 0.593. The SMILES string of the molecule is C=CCN(C(=O)[C@H]1N(CCCCCCO)C(=O)[C@@H]2[C@@H](C(=O)O)[C@H]3CC[C@]21O3)c1c(C)cccc1C. The van der Waals surface area contributed by atoms with Gasteiger partial charge in [0.15, 0.2) is 0 Å². The van der Waals surface area contributed by atoms with Crippen molar-refractivity contribution in [2.75, 3.05) is 24.6 Å². The van der Waals surface area contributed by atoms with Gasteiger partial charge in [-0.15, -0.1) is 6.58 Å².